The summed E-state index contributed by atoms with van der Waals surface area (Å²) < 4.78 is 2.07. The molecule has 0 atom stereocenters. The van der Waals surface area contributed by atoms with Gasteiger partial charge in [-0.3, -0.25) is 4.68 Å². The van der Waals surface area contributed by atoms with Crippen LogP contribution in [-0.4, -0.2) is 16.3 Å². The number of rotatable bonds is 4. The maximum absolute atomic E-state index is 5.60. The molecule has 1 fully saturated rings. The van der Waals surface area contributed by atoms with E-state index < -0.39 is 0 Å². The van der Waals surface area contributed by atoms with Gasteiger partial charge in [-0.1, -0.05) is 0 Å². The Hall–Kier alpha value is -0.830. The van der Waals surface area contributed by atoms with Crippen LogP contribution in [0.4, 0.5) is 0 Å². The second-order valence-electron chi connectivity index (χ2n) is 4.43. The zero-order valence-corrected chi connectivity index (χ0v) is 9.03. The number of hydrogen-bond donors (Lipinski definition) is 1. The van der Waals surface area contributed by atoms with E-state index in [-0.39, 0.29) is 0 Å². The SMILES string of the molecule is CC(C)n1cc(CCN)c(C2CC2)n1. The lowest BCUT2D eigenvalue weighted by atomic mass is 10.1. The van der Waals surface area contributed by atoms with Crippen LogP contribution in [0.2, 0.25) is 0 Å². The van der Waals surface area contributed by atoms with Gasteiger partial charge in [0.05, 0.1) is 5.69 Å². The number of nitrogens with two attached hydrogens (primary N) is 1. The van der Waals surface area contributed by atoms with Crippen molar-refractivity contribution in [3.05, 3.63) is 17.5 Å². The van der Waals surface area contributed by atoms with Crippen LogP contribution in [0.5, 0.6) is 0 Å². The van der Waals surface area contributed by atoms with Gasteiger partial charge in [0.25, 0.3) is 0 Å². The smallest absolute Gasteiger partial charge is 0.0688 e. The van der Waals surface area contributed by atoms with Gasteiger partial charge < -0.3 is 5.73 Å². The van der Waals surface area contributed by atoms with Crippen molar-refractivity contribution >= 4 is 0 Å². The minimum Gasteiger partial charge on any atom is -0.330 e. The van der Waals surface area contributed by atoms with Crippen LogP contribution in [0.3, 0.4) is 0 Å². The zero-order chi connectivity index (χ0) is 10.1. The molecule has 0 amide bonds. The Kier molecular flexibility index (Phi) is 2.59. The maximum atomic E-state index is 5.60. The van der Waals surface area contributed by atoms with Crippen molar-refractivity contribution in [1.29, 1.82) is 0 Å². The van der Waals surface area contributed by atoms with E-state index in [1.165, 1.54) is 24.1 Å². The summed E-state index contributed by atoms with van der Waals surface area (Å²) >= 11 is 0. The van der Waals surface area contributed by atoms with Gasteiger partial charge in [0.1, 0.15) is 0 Å². The quantitative estimate of drug-likeness (QED) is 0.793. The van der Waals surface area contributed by atoms with Gasteiger partial charge in [-0.15, -0.1) is 0 Å². The molecule has 1 aromatic heterocycles. The second kappa shape index (κ2) is 3.73. The lowest BCUT2D eigenvalue weighted by Gasteiger charge is -2.03. The lowest BCUT2D eigenvalue weighted by Crippen LogP contribution is -2.03. The molecule has 1 aromatic rings. The molecule has 0 radical (unpaired) electrons. The summed E-state index contributed by atoms with van der Waals surface area (Å²) in [7, 11) is 0. The van der Waals surface area contributed by atoms with Crippen LogP contribution in [0, 0.1) is 0 Å². The van der Waals surface area contributed by atoms with Crippen molar-refractivity contribution in [2.24, 2.45) is 5.73 Å². The van der Waals surface area contributed by atoms with Crippen LogP contribution < -0.4 is 5.73 Å². The van der Waals surface area contributed by atoms with Gasteiger partial charge in [-0.05, 0) is 45.2 Å². The summed E-state index contributed by atoms with van der Waals surface area (Å²) in [6.45, 7) is 5.05. The standard InChI is InChI=1S/C11H19N3/c1-8(2)14-7-10(5-6-12)11(13-14)9-3-4-9/h7-9H,3-6,12H2,1-2H3. The third kappa shape index (κ3) is 1.82. The Labute approximate surface area is 85.3 Å². The first-order chi connectivity index (χ1) is 6.72. The lowest BCUT2D eigenvalue weighted by molar-refractivity contribution is 0.526. The summed E-state index contributed by atoms with van der Waals surface area (Å²) in [4.78, 5) is 0. The van der Waals surface area contributed by atoms with Gasteiger partial charge in [0.15, 0.2) is 0 Å². The fourth-order valence-corrected chi connectivity index (χ4v) is 1.76. The van der Waals surface area contributed by atoms with Gasteiger partial charge in [-0.2, -0.15) is 5.10 Å². The first-order valence-corrected chi connectivity index (χ1v) is 5.50. The van der Waals surface area contributed by atoms with Crippen molar-refractivity contribution in [2.45, 2.75) is 45.1 Å². The summed E-state index contributed by atoms with van der Waals surface area (Å²) in [5, 5.41) is 4.65. The van der Waals surface area contributed by atoms with Gasteiger partial charge in [0.2, 0.25) is 0 Å². The molecule has 3 nitrogen and oxygen atoms in total. The predicted octanol–water partition coefficient (Wildman–Crippen LogP) is 1.84. The number of hydrogen-bond acceptors (Lipinski definition) is 2. The number of aromatic nitrogens is 2. The Morgan fingerprint density at radius 2 is 2.29 bits per heavy atom. The largest absolute Gasteiger partial charge is 0.330 e. The summed E-state index contributed by atoms with van der Waals surface area (Å²) in [6.07, 6.45) is 5.77. The van der Waals surface area contributed by atoms with Crippen LogP contribution >= 0.6 is 0 Å². The Balaban J connectivity index is 2.25. The number of nitrogens with zero attached hydrogens (tertiary/aromatic N) is 2. The van der Waals surface area contributed by atoms with Crippen molar-refractivity contribution in [3.8, 4) is 0 Å². The fourth-order valence-electron chi connectivity index (χ4n) is 1.76. The maximum Gasteiger partial charge on any atom is 0.0688 e. The Morgan fingerprint density at radius 1 is 1.57 bits per heavy atom. The molecule has 2 N–H and O–H groups in total. The Bertz CT molecular complexity index is 310. The van der Waals surface area contributed by atoms with Gasteiger partial charge in [-0.25, -0.2) is 0 Å². The van der Waals surface area contributed by atoms with E-state index in [4.69, 9.17) is 5.73 Å². The molecule has 0 spiro atoms. The monoisotopic (exact) mass is 193 g/mol. The minimum atomic E-state index is 0.457. The highest BCUT2D eigenvalue weighted by Crippen LogP contribution is 2.41. The van der Waals surface area contributed by atoms with Crippen molar-refractivity contribution < 1.29 is 0 Å². The molecule has 1 aliphatic carbocycles. The molecule has 1 aliphatic rings. The fraction of sp³-hybridized carbons (Fsp3) is 0.727. The highest BCUT2D eigenvalue weighted by Gasteiger charge is 2.29. The second-order valence-corrected chi connectivity index (χ2v) is 4.43. The molecule has 1 heterocycles. The molecule has 2 rings (SSSR count). The van der Waals surface area contributed by atoms with E-state index in [0.717, 1.165) is 18.9 Å². The molecule has 1 saturated carbocycles. The van der Waals surface area contributed by atoms with Crippen LogP contribution in [0.15, 0.2) is 6.20 Å². The first kappa shape index (κ1) is 9.71. The molecular weight excluding hydrogens is 174 g/mol. The third-order valence-corrected chi connectivity index (χ3v) is 2.75. The van der Waals surface area contributed by atoms with E-state index in [2.05, 4.69) is 29.8 Å². The van der Waals surface area contributed by atoms with E-state index >= 15 is 0 Å². The average Bonchev–Trinajstić information content (AvgIpc) is 2.89. The topological polar surface area (TPSA) is 43.8 Å². The minimum absolute atomic E-state index is 0.457. The van der Waals surface area contributed by atoms with Crippen molar-refractivity contribution in [1.82, 2.24) is 9.78 Å². The molecule has 0 saturated heterocycles. The van der Waals surface area contributed by atoms with Crippen LogP contribution in [0.25, 0.3) is 0 Å². The van der Waals surface area contributed by atoms with Gasteiger partial charge in [0, 0.05) is 18.2 Å². The molecule has 0 aliphatic heterocycles. The molecule has 0 bridgehead atoms. The summed E-state index contributed by atoms with van der Waals surface area (Å²) in [6, 6.07) is 0.457. The molecule has 14 heavy (non-hydrogen) atoms. The molecule has 3 heteroatoms. The molecular formula is C11H19N3. The highest BCUT2D eigenvalue weighted by molar-refractivity contribution is 5.25. The summed E-state index contributed by atoms with van der Waals surface area (Å²) in [5.74, 6) is 0.733. The van der Waals surface area contributed by atoms with E-state index in [1.54, 1.807) is 0 Å². The Morgan fingerprint density at radius 3 is 2.79 bits per heavy atom. The van der Waals surface area contributed by atoms with E-state index in [1.807, 2.05) is 0 Å². The van der Waals surface area contributed by atoms with Gasteiger partial charge >= 0.3 is 0 Å². The third-order valence-electron chi connectivity index (χ3n) is 2.75. The molecule has 78 valence electrons. The van der Waals surface area contributed by atoms with Crippen LogP contribution in [-0.2, 0) is 6.42 Å². The molecule has 0 unspecified atom stereocenters. The highest BCUT2D eigenvalue weighted by atomic mass is 15.3. The van der Waals surface area contributed by atoms with Crippen molar-refractivity contribution in [3.63, 3.8) is 0 Å². The first-order valence-electron chi connectivity index (χ1n) is 5.50. The van der Waals surface area contributed by atoms with Crippen LogP contribution in [0.1, 0.15) is 49.9 Å². The summed E-state index contributed by atoms with van der Waals surface area (Å²) in [5.41, 5.74) is 8.27. The van der Waals surface area contributed by atoms with E-state index in [9.17, 15) is 0 Å². The van der Waals surface area contributed by atoms with E-state index in [0.29, 0.717) is 6.04 Å². The van der Waals surface area contributed by atoms with Crippen molar-refractivity contribution in [2.75, 3.05) is 6.54 Å². The normalized spacial score (nSPS) is 16.6. The predicted molar refractivity (Wildman–Crippen MR) is 57.3 cm³/mol. The average molecular weight is 193 g/mol. The zero-order valence-electron chi connectivity index (χ0n) is 9.03. The molecule has 0 aromatic carbocycles.